The Morgan fingerprint density at radius 3 is 1.90 bits per heavy atom. The highest BCUT2D eigenvalue weighted by atomic mass is 16.3. The average molecular weight is 268 g/mol. The van der Waals surface area contributed by atoms with E-state index >= 15 is 0 Å². The molecule has 0 atom stereocenters. The molecule has 1 N–H and O–H groups in total. The maximum Gasteiger partial charge on any atom is 0.167 e. The van der Waals surface area contributed by atoms with Crippen molar-refractivity contribution in [3.05, 3.63) is 65.2 Å². The first-order valence-electron chi connectivity index (χ1n) is 6.44. The maximum atomic E-state index is 12.1. The second-order valence-electron chi connectivity index (χ2n) is 4.84. The second kappa shape index (κ2) is 6.15. The van der Waals surface area contributed by atoms with Crippen LogP contribution in [0, 0.1) is 0 Å². The zero-order chi connectivity index (χ0) is 14.5. The Labute approximate surface area is 117 Å². The van der Waals surface area contributed by atoms with Gasteiger partial charge < -0.3 is 5.11 Å². The number of ketones is 2. The summed E-state index contributed by atoms with van der Waals surface area (Å²) in [7, 11) is 0. The van der Waals surface area contributed by atoms with E-state index in [-0.39, 0.29) is 17.3 Å². The molecule has 20 heavy (non-hydrogen) atoms. The fourth-order valence-electron chi connectivity index (χ4n) is 2.00. The number of benzene rings is 2. The number of phenols is 1. The van der Waals surface area contributed by atoms with Crippen LogP contribution in [0.5, 0.6) is 5.75 Å². The van der Waals surface area contributed by atoms with Gasteiger partial charge in [0.2, 0.25) is 0 Å². The molecule has 2 rings (SSSR count). The minimum atomic E-state index is 0.0186. The van der Waals surface area contributed by atoms with Crippen LogP contribution in [0.2, 0.25) is 0 Å². The van der Waals surface area contributed by atoms with Crippen molar-refractivity contribution in [3.8, 4) is 5.75 Å². The number of hydrogen-bond donors (Lipinski definition) is 1. The molecular formula is C17H16O3. The molecule has 3 heteroatoms. The van der Waals surface area contributed by atoms with Crippen molar-refractivity contribution in [2.75, 3.05) is 0 Å². The van der Waals surface area contributed by atoms with Crippen LogP contribution in [-0.2, 0) is 17.6 Å². The van der Waals surface area contributed by atoms with Crippen LogP contribution in [-0.4, -0.2) is 16.7 Å². The van der Waals surface area contributed by atoms with Gasteiger partial charge in [0.25, 0.3) is 0 Å². The number of aromatic hydroxyl groups is 1. The Morgan fingerprint density at radius 1 is 0.850 bits per heavy atom. The minimum Gasteiger partial charge on any atom is -0.508 e. The van der Waals surface area contributed by atoms with E-state index in [0.717, 1.165) is 11.1 Å². The van der Waals surface area contributed by atoms with Crippen molar-refractivity contribution in [1.82, 2.24) is 0 Å². The summed E-state index contributed by atoms with van der Waals surface area (Å²) in [5.41, 5.74) is 2.41. The highest BCUT2D eigenvalue weighted by Gasteiger charge is 2.07. The van der Waals surface area contributed by atoms with Gasteiger partial charge >= 0.3 is 0 Å². The van der Waals surface area contributed by atoms with Gasteiger partial charge in [-0.1, -0.05) is 36.4 Å². The van der Waals surface area contributed by atoms with Crippen molar-refractivity contribution in [2.45, 2.75) is 19.8 Å². The molecule has 2 aromatic rings. The third-order valence-corrected chi connectivity index (χ3v) is 3.03. The number of carbonyl (C=O) groups excluding carboxylic acids is 2. The molecule has 0 bridgehead atoms. The normalized spacial score (nSPS) is 10.2. The van der Waals surface area contributed by atoms with Crippen LogP contribution in [0.25, 0.3) is 0 Å². The Hall–Kier alpha value is -2.42. The van der Waals surface area contributed by atoms with Gasteiger partial charge in [-0.15, -0.1) is 0 Å². The third kappa shape index (κ3) is 3.79. The Morgan fingerprint density at radius 2 is 1.35 bits per heavy atom. The Kier molecular flexibility index (Phi) is 4.31. The van der Waals surface area contributed by atoms with Gasteiger partial charge in [0.05, 0.1) is 0 Å². The van der Waals surface area contributed by atoms with Crippen molar-refractivity contribution in [3.63, 3.8) is 0 Å². The Bertz CT molecular complexity index is 610. The van der Waals surface area contributed by atoms with E-state index in [1.807, 2.05) is 12.1 Å². The van der Waals surface area contributed by atoms with E-state index in [0.29, 0.717) is 18.4 Å². The van der Waals surface area contributed by atoms with E-state index < -0.39 is 0 Å². The number of Topliss-reactive ketones (excluding diaryl/α,β-unsaturated/α-hetero) is 2. The highest BCUT2D eigenvalue weighted by Crippen LogP contribution is 2.13. The van der Waals surface area contributed by atoms with E-state index in [1.165, 1.54) is 0 Å². The van der Waals surface area contributed by atoms with Gasteiger partial charge in [-0.2, -0.15) is 0 Å². The monoisotopic (exact) mass is 268 g/mol. The summed E-state index contributed by atoms with van der Waals surface area (Å²) in [6.45, 7) is 1.55. The number of hydrogen-bond acceptors (Lipinski definition) is 3. The van der Waals surface area contributed by atoms with Crippen molar-refractivity contribution in [1.29, 1.82) is 0 Å². The fraction of sp³-hybridized carbons (Fsp3) is 0.176. The first-order chi connectivity index (χ1) is 9.54. The van der Waals surface area contributed by atoms with Crippen LogP contribution in [0.4, 0.5) is 0 Å². The molecule has 3 nitrogen and oxygen atoms in total. The minimum absolute atomic E-state index is 0.0186. The average Bonchev–Trinajstić information content (AvgIpc) is 2.41. The lowest BCUT2D eigenvalue weighted by Crippen LogP contribution is -2.04. The molecule has 0 aromatic heterocycles. The molecule has 0 saturated heterocycles. The van der Waals surface area contributed by atoms with Crippen LogP contribution in [0.15, 0.2) is 48.5 Å². The lowest BCUT2D eigenvalue weighted by molar-refractivity contribution is -0.116. The molecule has 0 aliphatic rings. The summed E-state index contributed by atoms with van der Waals surface area (Å²) in [6, 6.07) is 13.7. The van der Waals surface area contributed by atoms with Gasteiger partial charge in [-0.05, 0) is 30.2 Å². The second-order valence-corrected chi connectivity index (χ2v) is 4.84. The lowest BCUT2D eigenvalue weighted by atomic mass is 10.0. The number of carbonyl (C=O) groups is 2. The predicted octanol–water partition coefficient (Wildman–Crippen LogP) is 2.95. The first kappa shape index (κ1) is 14.0. The number of phenolic OH excluding ortho intramolecular Hbond substituents is 1. The molecule has 0 aliphatic heterocycles. The van der Waals surface area contributed by atoms with E-state index in [1.54, 1.807) is 43.3 Å². The molecule has 0 unspecified atom stereocenters. The molecule has 0 spiro atoms. The van der Waals surface area contributed by atoms with Crippen LogP contribution in [0.3, 0.4) is 0 Å². The number of rotatable bonds is 5. The van der Waals surface area contributed by atoms with Gasteiger partial charge in [-0.25, -0.2) is 0 Å². The van der Waals surface area contributed by atoms with Gasteiger partial charge in [0.15, 0.2) is 5.78 Å². The van der Waals surface area contributed by atoms with E-state index in [9.17, 15) is 14.7 Å². The maximum absolute atomic E-state index is 12.1. The highest BCUT2D eigenvalue weighted by molar-refractivity contribution is 5.97. The fourth-order valence-corrected chi connectivity index (χ4v) is 2.00. The zero-order valence-corrected chi connectivity index (χ0v) is 11.3. The summed E-state index contributed by atoms with van der Waals surface area (Å²) in [6.07, 6.45) is 0.693. The van der Waals surface area contributed by atoms with Gasteiger partial charge in [0.1, 0.15) is 11.5 Å². The summed E-state index contributed by atoms with van der Waals surface area (Å²) >= 11 is 0. The molecule has 0 heterocycles. The third-order valence-electron chi connectivity index (χ3n) is 3.03. The van der Waals surface area contributed by atoms with E-state index in [4.69, 9.17) is 0 Å². The van der Waals surface area contributed by atoms with Gasteiger partial charge in [0, 0.05) is 18.4 Å². The van der Waals surface area contributed by atoms with Crippen molar-refractivity contribution in [2.24, 2.45) is 0 Å². The smallest absolute Gasteiger partial charge is 0.167 e. The molecule has 0 saturated carbocycles. The van der Waals surface area contributed by atoms with Crippen molar-refractivity contribution >= 4 is 11.6 Å². The Balaban J connectivity index is 2.05. The topological polar surface area (TPSA) is 54.4 Å². The van der Waals surface area contributed by atoms with Gasteiger partial charge in [-0.3, -0.25) is 9.59 Å². The molecule has 0 amide bonds. The molecular weight excluding hydrogens is 252 g/mol. The predicted molar refractivity (Wildman–Crippen MR) is 77.0 cm³/mol. The lowest BCUT2D eigenvalue weighted by Gasteiger charge is -2.03. The van der Waals surface area contributed by atoms with Crippen LogP contribution in [0.1, 0.15) is 28.4 Å². The van der Waals surface area contributed by atoms with Crippen LogP contribution < -0.4 is 0 Å². The molecule has 0 aliphatic carbocycles. The first-order valence-corrected chi connectivity index (χ1v) is 6.44. The summed E-state index contributed by atoms with van der Waals surface area (Å²) in [5.74, 6) is 0.313. The summed E-state index contributed by atoms with van der Waals surface area (Å²) in [5, 5.41) is 9.20. The molecule has 0 fully saturated rings. The molecule has 2 aromatic carbocycles. The SMILES string of the molecule is CC(=O)Cc1ccc(C(=O)Cc2ccc(O)cc2)cc1. The van der Waals surface area contributed by atoms with Crippen LogP contribution >= 0.6 is 0 Å². The quantitative estimate of drug-likeness (QED) is 0.848. The molecule has 102 valence electrons. The molecule has 0 radical (unpaired) electrons. The summed E-state index contributed by atoms with van der Waals surface area (Å²) in [4.78, 5) is 23.1. The van der Waals surface area contributed by atoms with E-state index in [2.05, 4.69) is 0 Å². The summed E-state index contributed by atoms with van der Waals surface area (Å²) < 4.78 is 0. The van der Waals surface area contributed by atoms with Crippen molar-refractivity contribution < 1.29 is 14.7 Å². The standard InChI is InChI=1S/C17H16O3/c1-12(18)10-13-2-6-15(7-3-13)17(20)11-14-4-8-16(19)9-5-14/h2-9,19H,10-11H2,1H3. The zero-order valence-electron chi connectivity index (χ0n) is 11.3. The largest absolute Gasteiger partial charge is 0.508 e.